The number of nitrogens with one attached hydrogen (secondary N) is 1. The number of piperidine rings is 1. The number of alkyl carbamates (subject to hydrolysis) is 1. The van der Waals surface area contributed by atoms with Gasteiger partial charge in [-0.2, -0.15) is 26.3 Å². The molecule has 1 saturated heterocycles. The van der Waals surface area contributed by atoms with Crippen LogP contribution in [0.3, 0.4) is 0 Å². The van der Waals surface area contributed by atoms with E-state index in [0.717, 1.165) is 7.11 Å². The number of methoxy groups -OCH3 is 1. The maximum atomic E-state index is 14.2. The van der Waals surface area contributed by atoms with Crippen LogP contribution in [0.5, 0.6) is 0 Å². The van der Waals surface area contributed by atoms with Gasteiger partial charge in [-0.1, -0.05) is 60.7 Å². The first-order valence-electron chi connectivity index (χ1n) is 16.2. The van der Waals surface area contributed by atoms with Gasteiger partial charge in [-0.05, 0) is 75.4 Å². The zero-order valence-corrected chi connectivity index (χ0v) is 29.2. The molecule has 1 heterocycles. The van der Waals surface area contributed by atoms with Crippen molar-refractivity contribution in [3.05, 3.63) is 107 Å². The number of amides is 2. The highest BCUT2D eigenvalue weighted by molar-refractivity contribution is 5.87. The quantitative estimate of drug-likeness (QED) is 0.133. The lowest BCUT2D eigenvalue weighted by Crippen LogP contribution is -2.70. The van der Waals surface area contributed by atoms with Crippen molar-refractivity contribution in [2.24, 2.45) is 0 Å². The number of hydrogen-bond donors (Lipinski definition) is 1. The monoisotopic (exact) mass is 738 g/mol. The third-order valence-electron chi connectivity index (χ3n) is 8.61. The van der Waals surface area contributed by atoms with E-state index in [4.69, 9.17) is 18.9 Å². The number of hydrogen-bond acceptors (Lipinski definition) is 7. The Kier molecular flexibility index (Phi) is 11.9. The van der Waals surface area contributed by atoms with Crippen LogP contribution in [0.2, 0.25) is 0 Å². The number of ether oxygens (including phenoxy) is 4. The molecule has 3 aromatic rings. The maximum absolute atomic E-state index is 14.2. The molecule has 4 rings (SSSR count). The second-order valence-electron chi connectivity index (χ2n) is 13.5. The van der Waals surface area contributed by atoms with E-state index >= 15 is 0 Å². The summed E-state index contributed by atoms with van der Waals surface area (Å²) in [6, 6.07) is 18.2. The molecule has 1 fully saturated rings. The predicted molar refractivity (Wildman–Crippen MR) is 176 cm³/mol. The Hall–Kier alpha value is -4.79. The highest BCUT2D eigenvalue weighted by Crippen LogP contribution is 2.44. The molecule has 1 unspecified atom stereocenters. The number of carbonyl (C=O) groups is 3. The lowest BCUT2D eigenvalue weighted by Gasteiger charge is -2.52. The molecule has 3 aromatic carbocycles. The largest absolute Gasteiger partial charge is 0.467 e. The minimum Gasteiger partial charge on any atom is -0.467 e. The fourth-order valence-corrected chi connectivity index (χ4v) is 5.96. The lowest BCUT2D eigenvalue weighted by atomic mass is 9.74. The van der Waals surface area contributed by atoms with E-state index < -0.39 is 83.1 Å². The van der Waals surface area contributed by atoms with Gasteiger partial charge in [-0.25, -0.2) is 14.4 Å². The van der Waals surface area contributed by atoms with Gasteiger partial charge >= 0.3 is 30.5 Å². The summed E-state index contributed by atoms with van der Waals surface area (Å²) < 4.78 is 105. The van der Waals surface area contributed by atoms with Crippen molar-refractivity contribution in [2.75, 3.05) is 20.3 Å². The Morgan fingerprint density at radius 2 is 1.40 bits per heavy atom. The molecule has 0 saturated carbocycles. The Morgan fingerprint density at radius 3 is 1.92 bits per heavy atom. The predicted octanol–water partition coefficient (Wildman–Crippen LogP) is 8.57. The zero-order chi connectivity index (χ0) is 38.5. The second kappa shape index (κ2) is 15.4. The number of halogens is 6. The molecule has 0 bridgehead atoms. The summed E-state index contributed by atoms with van der Waals surface area (Å²) in [6.45, 7) is 4.93. The van der Waals surface area contributed by atoms with Crippen LogP contribution < -0.4 is 5.32 Å². The van der Waals surface area contributed by atoms with Crippen molar-refractivity contribution in [3.63, 3.8) is 0 Å². The number of rotatable bonds is 9. The number of nitrogens with zero attached hydrogens (tertiary/aromatic N) is 1. The number of likely N-dealkylation sites (tertiary alicyclic amines) is 1. The SMILES string of the molecule is COC(=O)C1(NC(=O)OC(C)(C)C)CC[C@@](CO[C@H](C)c2cc(C(F)(F)F)cc(C(F)(F)F)c2)(c2ccccc2)N(C(=O)OCc2ccccc2)C1. The van der Waals surface area contributed by atoms with Gasteiger partial charge in [0.2, 0.25) is 0 Å². The molecule has 0 radical (unpaired) electrons. The Labute approximate surface area is 297 Å². The topological polar surface area (TPSA) is 103 Å². The van der Waals surface area contributed by atoms with E-state index in [1.165, 1.54) is 11.8 Å². The normalized spacial score (nSPS) is 20.1. The van der Waals surface area contributed by atoms with Gasteiger partial charge in [-0.15, -0.1) is 0 Å². The van der Waals surface area contributed by atoms with Crippen molar-refractivity contribution in [3.8, 4) is 0 Å². The van der Waals surface area contributed by atoms with E-state index in [0.29, 0.717) is 23.3 Å². The first kappa shape index (κ1) is 40.0. The van der Waals surface area contributed by atoms with Crippen LogP contribution in [-0.2, 0) is 48.2 Å². The molecule has 0 aliphatic carbocycles. The Bertz CT molecular complexity index is 1680. The molecule has 0 spiro atoms. The first-order chi connectivity index (χ1) is 24.2. The minimum atomic E-state index is -5.08. The van der Waals surface area contributed by atoms with Crippen LogP contribution in [0.15, 0.2) is 78.9 Å². The summed E-state index contributed by atoms with van der Waals surface area (Å²) in [5.41, 5.74) is -6.70. The Balaban J connectivity index is 1.80. The van der Waals surface area contributed by atoms with Crippen LogP contribution in [0.1, 0.15) is 74.5 Å². The molecule has 1 N–H and O–H groups in total. The molecule has 0 aromatic heterocycles. The van der Waals surface area contributed by atoms with Crippen molar-refractivity contribution in [2.45, 2.75) is 82.3 Å². The maximum Gasteiger partial charge on any atom is 0.416 e. The highest BCUT2D eigenvalue weighted by atomic mass is 19.4. The molecule has 1 aliphatic heterocycles. The van der Waals surface area contributed by atoms with E-state index in [1.54, 1.807) is 81.4 Å². The van der Waals surface area contributed by atoms with Gasteiger partial charge in [0.15, 0.2) is 5.54 Å². The highest BCUT2D eigenvalue weighted by Gasteiger charge is 2.56. The first-order valence-corrected chi connectivity index (χ1v) is 16.2. The minimum absolute atomic E-state index is 0.0252. The van der Waals surface area contributed by atoms with Gasteiger partial charge in [0, 0.05) is 0 Å². The molecule has 1 aliphatic rings. The second-order valence-corrected chi connectivity index (χ2v) is 13.5. The zero-order valence-electron chi connectivity index (χ0n) is 29.2. The fraction of sp³-hybridized carbons (Fsp3) is 0.432. The van der Waals surface area contributed by atoms with Gasteiger partial charge < -0.3 is 24.3 Å². The van der Waals surface area contributed by atoms with Crippen molar-refractivity contribution in [1.29, 1.82) is 0 Å². The van der Waals surface area contributed by atoms with E-state index in [1.807, 2.05) is 0 Å². The average Bonchev–Trinajstić information content (AvgIpc) is 3.08. The summed E-state index contributed by atoms with van der Waals surface area (Å²) >= 11 is 0. The fourth-order valence-electron chi connectivity index (χ4n) is 5.96. The van der Waals surface area contributed by atoms with Crippen molar-refractivity contribution < 1.29 is 59.7 Å². The molecule has 9 nitrogen and oxygen atoms in total. The summed E-state index contributed by atoms with van der Waals surface area (Å²) in [6.07, 6.45) is -13.7. The lowest BCUT2D eigenvalue weighted by molar-refractivity contribution is -0.155. The molecule has 2 amide bonds. The number of alkyl halides is 6. The van der Waals surface area contributed by atoms with Crippen molar-refractivity contribution in [1.82, 2.24) is 10.2 Å². The molecule has 52 heavy (non-hydrogen) atoms. The molecule has 3 atom stereocenters. The number of benzene rings is 3. The summed E-state index contributed by atoms with van der Waals surface area (Å²) in [5, 5.41) is 2.58. The van der Waals surface area contributed by atoms with Gasteiger partial charge in [-0.3, -0.25) is 4.90 Å². The summed E-state index contributed by atoms with van der Waals surface area (Å²) in [7, 11) is 1.10. The van der Waals surface area contributed by atoms with E-state index in [9.17, 15) is 40.7 Å². The van der Waals surface area contributed by atoms with Gasteiger partial charge in [0.1, 0.15) is 12.2 Å². The Morgan fingerprint density at radius 1 is 0.846 bits per heavy atom. The number of carbonyl (C=O) groups excluding carboxylic acids is 3. The van der Waals surface area contributed by atoms with Crippen LogP contribution in [0, 0.1) is 0 Å². The average molecular weight is 739 g/mol. The summed E-state index contributed by atoms with van der Waals surface area (Å²) in [5.74, 6) is -0.904. The molecular weight excluding hydrogens is 698 g/mol. The molecular formula is C37H40F6N2O7. The summed E-state index contributed by atoms with van der Waals surface area (Å²) in [4.78, 5) is 41.9. The van der Waals surface area contributed by atoms with Crippen LogP contribution >= 0.6 is 0 Å². The molecule has 282 valence electrons. The van der Waals surface area contributed by atoms with Crippen LogP contribution in [0.4, 0.5) is 35.9 Å². The van der Waals surface area contributed by atoms with Gasteiger partial charge in [0.25, 0.3) is 0 Å². The number of esters is 1. The van der Waals surface area contributed by atoms with E-state index in [-0.39, 0.29) is 25.5 Å². The van der Waals surface area contributed by atoms with Crippen molar-refractivity contribution >= 4 is 18.2 Å². The molecule has 15 heteroatoms. The standard InChI is InChI=1S/C37H40F6N2O7/c1-24(26-18-28(36(38,39)40)20-29(19-26)37(41,42)43)51-23-35(27-14-10-7-11-15-27)17-16-34(30(46)49-5,44-31(47)52-33(2,3)4)22-45(35)32(48)50-21-25-12-8-6-9-13-25/h6-15,18-20,24H,16-17,21-23H2,1-5H3,(H,44,47)/t24-,34?,35-/m1/s1. The van der Waals surface area contributed by atoms with Crippen LogP contribution in [0.25, 0.3) is 0 Å². The van der Waals surface area contributed by atoms with E-state index in [2.05, 4.69) is 5.32 Å². The smallest absolute Gasteiger partial charge is 0.416 e. The third kappa shape index (κ3) is 9.55. The van der Waals surface area contributed by atoms with Crippen LogP contribution in [-0.4, -0.2) is 54.5 Å². The van der Waals surface area contributed by atoms with Gasteiger partial charge in [0.05, 0.1) is 43.0 Å². The third-order valence-corrected chi connectivity index (χ3v) is 8.61.